The number of hydrogen-bond donors (Lipinski definition) is 0. The standard InChI is InChI=1S/C6H9FN2O2S/c1-2-9-4-6(3-8-9)5-12(7,10)11/h3-4H,2,5H2,1H3. The quantitative estimate of drug-likeness (QED) is 0.662. The van der Waals surface area contributed by atoms with Crippen LogP contribution < -0.4 is 0 Å². The van der Waals surface area contributed by atoms with Crippen LogP contribution in [0, 0.1) is 0 Å². The third kappa shape index (κ3) is 2.61. The molecule has 0 unspecified atom stereocenters. The zero-order valence-corrected chi connectivity index (χ0v) is 7.38. The minimum atomic E-state index is -4.43. The summed E-state index contributed by atoms with van der Waals surface area (Å²) in [5, 5.41) is 3.80. The van der Waals surface area contributed by atoms with Crippen LogP contribution >= 0.6 is 0 Å². The van der Waals surface area contributed by atoms with Crippen LogP contribution in [0.15, 0.2) is 12.4 Å². The van der Waals surface area contributed by atoms with Crippen LogP contribution in [0.5, 0.6) is 0 Å². The summed E-state index contributed by atoms with van der Waals surface area (Å²) < 4.78 is 34.1. The molecule has 0 bridgehead atoms. The molecular weight excluding hydrogens is 183 g/mol. The highest BCUT2D eigenvalue weighted by molar-refractivity contribution is 7.85. The fourth-order valence-corrected chi connectivity index (χ4v) is 1.40. The average Bonchev–Trinajstić information content (AvgIpc) is 2.32. The summed E-state index contributed by atoms with van der Waals surface area (Å²) in [5.41, 5.74) is 0.374. The molecule has 0 spiro atoms. The summed E-state index contributed by atoms with van der Waals surface area (Å²) in [6.07, 6.45) is 2.86. The van der Waals surface area contributed by atoms with Gasteiger partial charge < -0.3 is 0 Å². The topological polar surface area (TPSA) is 52.0 Å². The van der Waals surface area contributed by atoms with E-state index in [1.807, 2.05) is 6.92 Å². The van der Waals surface area contributed by atoms with E-state index in [1.54, 1.807) is 4.68 Å². The van der Waals surface area contributed by atoms with Gasteiger partial charge in [0.2, 0.25) is 0 Å². The normalized spacial score (nSPS) is 11.8. The monoisotopic (exact) mass is 192 g/mol. The largest absolute Gasteiger partial charge is 0.306 e. The third-order valence-corrected chi connectivity index (χ3v) is 2.03. The molecule has 0 saturated heterocycles. The molecule has 1 heterocycles. The predicted octanol–water partition coefficient (Wildman–Crippen LogP) is 0.702. The van der Waals surface area contributed by atoms with Crippen molar-refractivity contribution in [1.29, 1.82) is 0 Å². The highest BCUT2D eigenvalue weighted by Crippen LogP contribution is 2.05. The van der Waals surface area contributed by atoms with Crippen molar-refractivity contribution in [2.24, 2.45) is 0 Å². The van der Waals surface area contributed by atoms with E-state index in [-0.39, 0.29) is 0 Å². The molecule has 0 aliphatic heterocycles. The Bertz CT molecular complexity index is 357. The second-order valence-corrected chi connectivity index (χ2v) is 3.75. The lowest BCUT2D eigenvalue weighted by atomic mass is 10.4. The first-order chi connectivity index (χ1) is 5.51. The highest BCUT2D eigenvalue weighted by Gasteiger charge is 2.09. The van der Waals surface area contributed by atoms with Crippen LogP contribution in [-0.2, 0) is 22.5 Å². The molecule has 1 aromatic rings. The fraction of sp³-hybridized carbons (Fsp3) is 0.500. The van der Waals surface area contributed by atoms with E-state index >= 15 is 0 Å². The van der Waals surface area contributed by atoms with Crippen molar-refractivity contribution >= 4 is 10.2 Å². The summed E-state index contributed by atoms with van der Waals surface area (Å²) in [4.78, 5) is 0. The van der Waals surface area contributed by atoms with Crippen molar-refractivity contribution in [3.8, 4) is 0 Å². The molecule has 0 saturated carbocycles. The first-order valence-electron chi connectivity index (χ1n) is 3.45. The Hall–Kier alpha value is -0.910. The summed E-state index contributed by atoms with van der Waals surface area (Å²) >= 11 is 0. The van der Waals surface area contributed by atoms with Crippen LogP contribution in [-0.4, -0.2) is 18.2 Å². The van der Waals surface area contributed by atoms with Gasteiger partial charge in [-0.15, -0.1) is 3.89 Å². The Morgan fingerprint density at radius 2 is 2.33 bits per heavy atom. The van der Waals surface area contributed by atoms with E-state index in [9.17, 15) is 12.3 Å². The summed E-state index contributed by atoms with van der Waals surface area (Å²) in [7, 11) is -4.43. The van der Waals surface area contributed by atoms with Crippen molar-refractivity contribution in [3.63, 3.8) is 0 Å². The van der Waals surface area contributed by atoms with E-state index < -0.39 is 16.0 Å². The third-order valence-electron chi connectivity index (χ3n) is 1.35. The van der Waals surface area contributed by atoms with Crippen LogP contribution in [0.4, 0.5) is 3.89 Å². The van der Waals surface area contributed by atoms with Crippen molar-refractivity contribution in [2.45, 2.75) is 19.2 Å². The maximum absolute atomic E-state index is 12.1. The minimum Gasteiger partial charge on any atom is -0.273 e. The molecule has 0 aliphatic carbocycles. The maximum atomic E-state index is 12.1. The summed E-state index contributed by atoms with van der Waals surface area (Å²) in [6.45, 7) is 2.51. The Balaban J connectivity index is 2.78. The molecule has 68 valence electrons. The molecule has 0 aromatic carbocycles. The molecule has 0 aliphatic rings. The molecular formula is C6H9FN2O2S. The Morgan fingerprint density at radius 3 is 2.75 bits per heavy atom. The van der Waals surface area contributed by atoms with Crippen LogP contribution in [0.25, 0.3) is 0 Å². The van der Waals surface area contributed by atoms with Gasteiger partial charge in [0.05, 0.1) is 6.20 Å². The van der Waals surface area contributed by atoms with Gasteiger partial charge in [0.1, 0.15) is 5.75 Å². The lowest BCUT2D eigenvalue weighted by Gasteiger charge is -1.90. The maximum Gasteiger partial charge on any atom is 0.306 e. The minimum absolute atomic E-state index is 0.374. The van der Waals surface area contributed by atoms with Gasteiger partial charge in [-0.05, 0) is 6.92 Å². The Labute approximate surface area is 70.2 Å². The fourth-order valence-electron chi connectivity index (χ4n) is 0.853. The van der Waals surface area contributed by atoms with E-state index in [1.165, 1.54) is 12.4 Å². The lowest BCUT2D eigenvalue weighted by Crippen LogP contribution is -1.95. The van der Waals surface area contributed by atoms with Gasteiger partial charge in [-0.2, -0.15) is 13.5 Å². The van der Waals surface area contributed by atoms with Crippen molar-refractivity contribution in [1.82, 2.24) is 9.78 Å². The van der Waals surface area contributed by atoms with Gasteiger partial charge in [0, 0.05) is 18.3 Å². The Kier molecular flexibility index (Phi) is 2.46. The predicted molar refractivity (Wildman–Crippen MR) is 41.6 cm³/mol. The zero-order chi connectivity index (χ0) is 9.19. The number of aryl methyl sites for hydroxylation is 1. The van der Waals surface area contributed by atoms with E-state index in [4.69, 9.17) is 0 Å². The van der Waals surface area contributed by atoms with Gasteiger partial charge in [-0.25, -0.2) is 0 Å². The molecule has 0 fully saturated rings. The lowest BCUT2D eigenvalue weighted by molar-refractivity contribution is 0.551. The second kappa shape index (κ2) is 3.22. The summed E-state index contributed by atoms with van der Waals surface area (Å²) in [6, 6.07) is 0. The van der Waals surface area contributed by atoms with Gasteiger partial charge in [0.25, 0.3) is 0 Å². The molecule has 1 rings (SSSR count). The van der Waals surface area contributed by atoms with Crippen molar-refractivity contribution in [2.75, 3.05) is 0 Å². The van der Waals surface area contributed by atoms with Crippen LogP contribution in [0.2, 0.25) is 0 Å². The molecule has 6 heteroatoms. The van der Waals surface area contributed by atoms with E-state index in [2.05, 4.69) is 5.10 Å². The van der Waals surface area contributed by atoms with Crippen molar-refractivity contribution < 1.29 is 12.3 Å². The molecule has 1 aromatic heterocycles. The number of rotatable bonds is 3. The first-order valence-corrected chi connectivity index (χ1v) is 5.00. The SMILES string of the molecule is CCn1cc(CS(=O)(=O)F)cn1. The molecule has 0 N–H and O–H groups in total. The number of halogens is 1. The van der Waals surface area contributed by atoms with Gasteiger partial charge in [-0.3, -0.25) is 4.68 Å². The number of aromatic nitrogens is 2. The summed E-state index contributed by atoms with van der Waals surface area (Å²) in [5.74, 6) is -0.590. The number of nitrogens with zero attached hydrogens (tertiary/aromatic N) is 2. The van der Waals surface area contributed by atoms with Crippen LogP contribution in [0.3, 0.4) is 0 Å². The molecule has 4 nitrogen and oxygen atoms in total. The highest BCUT2D eigenvalue weighted by atomic mass is 32.3. The second-order valence-electron chi connectivity index (χ2n) is 2.39. The average molecular weight is 192 g/mol. The zero-order valence-electron chi connectivity index (χ0n) is 6.57. The van der Waals surface area contributed by atoms with Crippen LogP contribution in [0.1, 0.15) is 12.5 Å². The molecule has 0 atom stereocenters. The molecule has 12 heavy (non-hydrogen) atoms. The molecule has 0 amide bonds. The van der Waals surface area contributed by atoms with Gasteiger partial charge in [-0.1, -0.05) is 0 Å². The van der Waals surface area contributed by atoms with Gasteiger partial charge in [0.15, 0.2) is 0 Å². The smallest absolute Gasteiger partial charge is 0.273 e. The van der Waals surface area contributed by atoms with E-state index in [0.717, 1.165) is 0 Å². The first kappa shape index (κ1) is 9.18. The Morgan fingerprint density at radius 1 is 1.67 bits per heavy atom. The van der Waals surface area contributed by atoms with E-state index in [0.29, 0.717) is 12.1 Å². The molecule has 0 radical (unpaired) electrons. The number of hydrogen-bond acceptors (Lipinski definition) is 3. The van der Waals surface area contributed by atoms with Crippen molar-refractivity contribution in [3.05, 3.63) is 18.0 Å². The van der Waals surface area contributed by atoms with Gasteiger partial charge >= 0.3 is 10.2 Å².